The van der Waals surface area contributed by atoms with Crippen LogP contribution in [0.4, 0.5) is 0 Å². The first-order valence-electron chi connectivity index (χ1n) is 9.13. The Morgan fingerprint density at radius 1 is 0.963 bits per heavy atom. The van der Waals surface area contributed by atoms with E-state index in [1.54, 1.807) is 17.6 Å². The highest BCUT2D eigenvalue weighted by atomic mass is 16.5. The second kappa shape index (κ2) is 8.33. The number of hydrogen-bond donors (Lipinski definition) is 2. The number of carbonyl (C=O) groups is 2. The van der Waals surface area contributed by atoms with Crippen molar-refractivity contribution in [2.24, 2.45) is 0 Å². The molecular formula is C21H25N3O3. The summed E-state index contributed by atoms with van der Waals surface area (Å²) in [7, 11) is 0. The maximum atomic E-state index is 12.9. The molecule has 1 aliphatic rings. The molecule has 0 radical (unpaired) electrons. The largest absolute Gasteiger partial charge is 0.336 e. The molecule has 27 heavy (non-hydrogen) atoms. The summed E-state index contributed by atoms with van der Waals surface area (Å²) >= 11 is 0. The molecule has 0 saturated carbocycles. The number of amides is 2. The molecule has 2 aromatic carbocycles. The van der Waals surface area contributed by atoms with Crippen LogP contribution in [0, 0.1) is 0 Å². The Morgan fingerprint density at radius 2 is 1.52 bits per heavy atom. The average Bonchev–Trinajstić information content (AvgIpc) is 2.70. The van der Waals surface area contributed by atoms with Gasteiger partial charge >= 0.3 is 0 Å². The smallest absolute Gasteiger partial charge is 0.274 e. The van der Waals surface area contributed by atoms with Gasteiger partial charge in [0, 0.05) is 42.8 Å². The van der Waals surface area contributed by atoms with Gasteiger partial charge in [-0.25, -0.2) is 5.48 Å². The van der Waals surface area contributed by atoms with Crippen LogP contribution in [-0.4, -0.2) is 52.0 Å². The first kappa shape index (κ1) is 19.1. The van der Waals surface area contributed by atoms with E-state index in [2.05, 4.69) is 30.9 Å². The maximum Gasteiger partial charge on any atom is 0.274 e. The van der Waals surface area contributed by atoms with Gasteiger partial charge in [0.25, 0.3) is 11.8 Å². The van der Waals surface area contributed by atoms with Gasteiger partial charge in [-0.15, -0.1) is 0 Å². The third-order valence-electron chi connectivity index (χ3n) is 5.09. The van der Waals surface area contributed by atoms with Gasteiger partial charge in [-0.3, -0.25) is 19.7 Å². The molecular weight excluding hydrogens is 342 g/mol. The van der Waals surface area contributed by atoms with Crippen LogP contribution in [0.1, 0.15) is 40.1 Å². The predicted molar refractivity (Wildman–Crippen MR) is 103 cm³/mol. The minimum absolute atomic E-state index is 0.0379. The summed E-state index contributed by atoms with van der Waals surface area (Å²) in [4.78, 5) is 28.6. The summed E-state index contributed by atoms with van der Waals surface area (Å²) in [6, 6.07) is 17.2. The van der Waals surface area contributed by atoms with E-state index in [9.17, 15) is 9.59 Å². The van der Waals surface area contributed by atoms with Crippen LogP contribution >= 0.6 is 0 Å². The Kier molecular flexibility index (Phi) is 5.88. The molecule has 6 heteroatoms. The molecule has 2 amide bonds. The van der Waals surface area contributed by atoms with E-state index < -0.39 is 5.91 Å². The van der Waals surface area contributed by atoms with Crippen molar-refractivity contribution in [2.45, 2.75) is 32.5 Å². The second-order valence-electron chi connectivity index (χ2n) is 7.08. The van der Waals surface area contributed by atoms with Gasteiger partial charge in [-0.2, -0.15) is 0 Å². The first-order valence-corrected chi connectivity index (χ1v) is 9.13. The van der Waals surface area contributed by atoms with Gasteiger partial charge in [-0.1, -0.05) is 30.3 Å². The number of benzene rings is 2. The monoisotopic (exact) mass is 367 g/mol. The van der Waals surface area contributed by atoms with E-state index in [1.165, 1.54) is 17.7 Å². The quantitative estimate of drug-likeness (QED) is 0.643. The number of rotatable bonds is 4. The molecule has 1 aliphatic heterocycles. The third-order valence-corrected chi connectivity index (χ3v) is 5.09. The molecule has 142 valence electrons. The SMILES string of the molecule is C[C@@H]1CN(C(=O)c2ccc(C(=O)NO)cc2)C[C@H](C)N1Cc1ccccc1. The van der Waals surface area contributed by atoms with Crippen molar-refractivity contribution in [1.82, 2.24) is 15.3 Å². The van der Waals surface area contributed by atoms with Crippen LogP contribution in [-0.2, 0) is 6.54 Å². The van der Waals surface area contributed by atoms with Crippen molar-refractivity contribution < 1.29 is 14.8 Å². The summed E-state index contributed by atoms with van der Waals surface area (Å²) in [5, 5.41) is 8.68. The Bertz CT molecular complexity index is 780. The van der Waals surface area contributed by atoms with Crippen molar-refractivity contribution in [3.63, 3.8) is 0 Å². The van der Waals surface area contributed by atoms with E-state index in [0.717, 1.165) is 6.54 Å². The summed E-state index contributed by atoms with van der Waals surface area (Å²) in [5.41, 5.74) is 3.71. The number of hydrogen-bond acceptors (Lipinski definition) is 4. The van der Waals surface area contributed by atoms with Crippen LogP contribution in [0.15, 0.2) is 54.6 Å². The van der Waals surface area contributed by atoms with Crippen molar-refractivity contribution in [3.8, 4) is 0 Å². The Labute approximate surface area is 159 Å². The van der Waals surface area contributed by atoms with E-state index in [4.69, 9.17) is 5.21 Å². The molecule has 0 bridgehead atoms. The lowest BCUT2D eigenvalue weighted by molar-refractivity contribution is 0.0269. The zero-order chi connectivity index (χ0) is 19.4. The molecule has 0 aliphatic carbocycles. The Hall–Kier alpha value is -2.70. The first-order chi connectivity index (χ1) is 13.0. The van der Waals surface area contributed by atoms with Crippen LogP contribution in [0.3, 0.4) is 0 Å². The van der Waals surface area contributed by atoms with Crippen LogP contribution < -0.4 is 5.48 Å². The summed E-state index contributed by atoms with van der Waals surface area (Å²) in [5.74, 6) is -0.630. The van der Waals surface area contributed by atoms with Gasteiger partial charge in [-0.05, 0) is 43.7 Å². The molecule has 2 N–H and O–H groups in total. The van der Waals surface area contributed by atoms with Crippen LogP contribution in [0.2, 0.25) is 0 Å². The maximum absolute atomic E-state index is 12.9. The van der Waals surface area contributed by atoms with E-state index in [-0.39, 0.29) is 18.0 Å². The van der Waals surface area contributed by atoms with E-state index >= 15 is 0 Å². The lowest BCUT2D eigenvalue weighted by Gasteiger charge is -2.44. The van der Waals surface area contributed by atoms with Crippen LogP contribution in [0.5, 0.6) is 0 Å². The van der Waals surface area contributed by atoms with Crippen molar-refractivity contribution in [1.29, 1.82) is 0 Å². The third kappa shape index (κ3) is 4.35. The highest BCUT2D eigenvalue weighted by molar-refractivity contribution is 5.97. The molecule has 1 saturated heterocycles. The summed E-state index contributed by atoms with van der Waals surface area (Å²) < 4.78 is 0. The highest BCUT2D eigenvalue weighted by Crippen LogP contribution is 2.21. The molecule has 3 rings (SSSR count). The fraction of sp³-hybridized carbons (Fsp3) is 0.333. The highest BCUT2D eigenvalue weighted by Gasteiger charge is 2.32. The standard InChI is InChI=1S/C21H25N3O3/c1-15-12-23(13-16(2)24(15)14-17-6-4-3-5-7-17)21(26)19-10-8-18(9-11-19)20(25)22-27/h3-11,15-16,27H,12-14H2,1-2H3,(H,22,25)/t15-,16+. The number of nitrogens with zero attached hydrogens (tertiary/aromatic N) is 2. The van der Waals surface area contributed by atoms with Gasteiger partial charge in [0.05, 0.1) is 0 Å². The summed E-state index contributed by atoms with van der Waals surface area (Å²) in [6.45, 7) is 6.49. The minimum atomic E-state index is -0.592. The number of hydroxylamine groups is 1. The molecule has 2 aromatic rings. The number of carbonyl (C=O) groups excluding carboxylic acids is 2. The van der Waals surface area contributed by atoms with Crippen molar-refractivity contribution >= 4 is 11.8 Å². The molecule has 0 aromatic heterocycles. The predicted octanol–water partition coefficient (Wildman–Crippen LogP) is 2.54. The Morgan fingerprint density at radius 3 is 2.07 bits per heavy atom. The van der Waals surface area contributed by atoms with Gasteiger partial charge in [0.2, 0.25) is 0 Å². The van der Waals surface area contributed by atoms with E-state index in [1.807, 2.05) is 23.1 Å². The average molecular weight is 367 g/mol. The molecule has 0 unspecified atom stereocenters. The van der Waals surface area contributed by atoms with Crippen molar-refractivity contribution in [2.75, 3.05) is 13.1 Å². The lowest BCUT2D eigenvalue weighted by Crippen LogP contribution is -2.57. The van der Waals surface area contributed by atoms with Crippen molar-refractivity contribution in [3.05, 3.63) is 71.3 Å². The molecule has 1 fully saturated rings. The van der Waals surface area contributed by atoms with Crippen LogP contribution in [0.25, 0.3) is 0 Å². The molecule has 6 nitrogen and oxygen atoms in total. The molecule has 2 atom stereocenters. The fourth-order valence-corrected chi connectivity index (χ4v) is 3.64. The zero-order valence-electron chi connectivity index (χ0n) is 15.6. The Balaban J connectivity index is 1.67. The number of nitrogens with one attached hydrogen (secondary N) is 1. The minimum Gasteiger partial charge on any atom is -0.336 e. The molecule has 0 spiro atoms. The topological polar surface area (TPSA) is 72.9 Å². The van der Waals surface area contributed by atoms with Gasteiger partial charge < -0.3 is 4.90 Å². The molecule has 1 heterocycles. The second-order valence-corrected chi connectivity index (χ2v) is 7.08. The number of piperazine rings is 1. The summed E-state index contributed by atoms with van der Waals surface area (Å²) in [6.07, 6.45) is 0. The van der Waals surface area contributed by atoms with E-state index in [0.29, 0.717) is 24.2 Å². The van der Waals surface area contributed by atoms with Gasteiger partial charge in [0.15, 0.2) is 0 Å². The zero-order valence-corrected chi connectivity index (χ0v) is 15.6. The lowest BCUT2D eigenvalue weighted by atomic mass is 10.0. The fourth-order valence-electron chi connectivity index (χ4n) is 3.64. The normalized spacial score (nSPS) is 20.3. The van der Waals surface area contributed by atoms with Gasteiger partial charge in [0.1, 0.15) is 0 Å².